The van der Waals surface area contributed by atoms with Crippen molar-refractivity contribution in [2.75, 3.05) is 7.11 Å². The van der Waals surface area contributed by atoms with Crippen molar-refractivity contribution in [2.45, 2.75) is 32.8 Å². The van der Waals surface area contributed by atoms with Crippen molar-refractivity contribution in [1.82, 2.24) is 0 Å². The van der Waals surface area contributed by atoms with Crippen molar-refractivity contribution in [3.8, 4) is 0 Å². The van der Waals surface area contributed by atoms with Gasteiger partial charge in [-0.2, -0.15) is 0 Å². The van der Waals surface area contributed by atoms with E-state index >= 15 is 0 Å². The topological polar surface area (TPSA) is 44.5 Å². The maximum atomic E-state index is 5.45. The zero-order valence-electron chi connectivity index (χ0n) is 6.26. The van der Waals surface area contributed by atoms with Crippen LogP contribution in [0.25, 0.3) is 0 Å². The molecular weight excluding hydrogens is 118 g/mol. The van der Waals surface area contributed by atoms with Crippen LogP contribution in [0.2, 0.25) is 0 Å². The van der Waals surface area contributed by atoms with Crippen LogP contribution in [0, 0.1) is 0 Å². The second-order valence-electron chi connectivity index (χ2n) is 1.89. The first-order valence-corrected chi connectivity index (χ1v) is 3.14. The normalized spacial score (nSPS) is 17.3. The largest absolute Gasteiger partial charge is 0.356 e. The molecule has 0 spiro atoms. The Bertz CT molecular complexity index is 60.1. The summed E-state index contributed by atoms with van der Waals surface area (Å²) in [4.78, 5) is 0. The van der Waals surface area contributed by atoms with Crippen LogP contribution in [0.1, 0.15) is 20.3 Å². The smallest absolute Gasteiger partial charge is 0.156 e. The van der Waals surface area contributed by atoms with E-state index in [9.17, 15) is 0 Å². The molecule has 3 nitrogen and oxygen atoms in total. The molecule has 0 aromatic rings. The maximum absolute atomic E-state index is 5.45. The van der Waals surface area contributed by atoms with Gasteiger partial charge < -0.3 is 15.2 Å². The molecule has 0 aliphatic rings. The van der Waals surface area contributed by atoms with Gasteiger partial charge >= 0.3 is 0 Å². The first-order chi connectivity index (χ1) is 4.20. The molecule has 0 aliphatic carbocycles. The van der Waals surface area contributed by atoms with E-state index in [0.29, 0.717) is 0 Å². The molecule has 0 amide bonds. The van der Waals surface area contributed by atoms with Gasteiger partial charge in [-0.3, -0.25) is 0 Å². The van der Waals surface area contributed by atoms with Gasteiger partial charge in [0.1, 0.15) is 6.23 Å². The molecule has 2 N–H and O–H groups in total. The highest BCUT2D eigenvalue weighted by Gasteiger charge is 2.03. The molecule has 0 radical (unpaired) electrons. The highest BCUT2D eigenvalue weighted by Crippen LogP contribution is 1.96. The van der Waals surface area contributed by atoms with Crippen LogP contribution in [0.3, 0.4) is 0 Å². The molecule has 2 unspecified atom stereocenters. The molecule has 0 saturated carbocycles. The van der Waals surface area contributed by atoms with Gasteiger partial charge in [0, 0.05) is 7.11 Å². The Kier molecular flexibility index (Phi) is 4.67. The Labute approximate surface area is 56.1 Å². The van der Waals surface area contributed by atoms with E-state index in [1.807, 2.05) is 13.8 Å². The van der Waals surface area contributed by atoms with E-state index in [4.69, 9.17) is 15.2 Å². The van der Waals surface area contributed by atoms with Crippen LogP contribution >= 0.6 is 0 Å². The van der Waals surface area contributed by atoms with Gasteiger partial charge in [-0.15, -0.1) is 0 Å². The predicted molar refractivity (Wildman–Crippen MR) is 35.8 cm³/mol. The van der Waals surface area contributed by atoms with Crippen LogP contribution in [0.5, 0.6) is 0 Å². The summed E-state index contributed by atoms with van der Waals surface area (Å²) in [5.74, 6) is 0. The molecule has 2 atom stereocenters. The summed E-state index contributed by atoms with van der Waals surface area (Å²) in [6, 6.07) is 0. The lowest BCUT2D eigenvalue weighted by molar-refractivity contribution is -0.142. The molecule has 9 heavy (non-hydrogen) atoms. The molecule has 0 aliphatic heterocycles. The fourth-order valence-corrected chi connectivity index (χ4v) is 0.398. The lowest BCUT2D eigenvalue weighted by Crippen LogP contribution is -2.28. The van der Waals surface area contributed by atoms with Crippen molar-refractivity contribution in [3.05, 3.63) is 0 Å². The molecular formula is C6H15NO2. The van der Waals surface area contributed by atoms with Gasteiger partial charge in [0.15, 0.2) is 6.29 Å². The minimum absolute atomic E-state index is 0.194. The van der Waals surface area contributed by atoms with Crippen molar-refractivity contribution >= 4 is 0 Å². The number of methoxy groups -OCH3 is 1. The molecule has 0 rings (SSSR count). The molecule has 0 heterocycles. The standard InChI is InChI=1S/C6H15NO2/c1-4-6(7)9-5(2)8-3/h5-6H,4,7H2,1-3H3. The SMILES string of the molecule is CCC(N)OC(C)OC. The van der Waals surface area contributed by atoms with Crippen LogP contribution in [-0.2, 0) is 9.47 Å². The summed E-state index contributed by atoms with van der Waals surface area (Å²) >= 11 is 0. The molecule has 0 fully saturated rings. The van der Waals surface area contributed by atoms with Crippen LogP contribution in [0.4, 0.5) is 0 Å². The lowest BCUT2D eigenvalue weighted by Gasteiger charge is -2.15. The van der Waals surface area contributed by atoms with E-state index in [2.05, 4.69) is 0 Å². The molecule has 3 heteroatoms. The van der Waals surface area contributed by atoms with E-state index in [1.165, 1.54) is 0 Å². The maximum Gasteiger partial charge on any atom is 0.156 e. The summed E-state index contributed by atoms with van der Waals surface area (Å²) in [5, 5.41) is 0. The minimum Gasteiger partial charge on any atom is -0.356 e. The first kappa shape index (κ1) is 8.88. The Balaban J connectivity index is 3.22. The van der Waals surface area contributed by atoms with E-state index < -0.39 is 0 Å². The van der Waals surface area contributed by atoms with Gasteiger partial charge in [-0.1, -0.05) is 6.92 Å². The Morgan fingerprint density at radius 1 is 1.56 bits per heavy atom. The van der Waals surface area contributed by atoms with Gasteiger partial charge in [0.2, 0.25) is 0 Å². The van der Waals surface area contributed by atoms with Crippen molar-refractivity contribution in [3.63, 3.8) is 0 Å². The van der Waals surface area contributed by atoms with Crippen molar-refractivity contribution < 1.29 is 9.47 Å². The molecule has 0 aromatic carbocycles. The zero-order chi connectivity index (χ0) is 7.28. The minimum atomic E-state index is -0.194. The quantitative estimate of drug-likeness (QED) is 0.574. The monoisotopic (exact) mass is 133 g/mol. The molecule has 0 bridgehead atoms. The number of rotatable bonds is 4. The second kappa shape index (κ2) is 4.73. The van der Waals surface area contributed by atoms with Gasteiger partial charge in [-0.25, -0.2) is 0 Å². The van der Waals surface area contributed by atoms with Gasteiger partial charge in [0.25, 0.3) is 0 Å². The average molecular weight is 133 g/mol. The van der Waals surface area contributed by atoms with Crippen molar-refractivity contribution in [1.29, 1.82) is 0 Å². The molecule has 0 aromatic heterocycles. The summed E-state index contributed by atoms with van der Waals surface area (Å²) in [6.45, 7) is 3.78. The highest BCUT2D eigenvalue weighted by molar-refractivity contribution is 4.41. The third kappa shape index (κ3) is 4.39. The second-order valence-corrected chi connectivity index (χ2v) is 1.89. The Morgan fingerprint density at radius 3 is 2.44 bits per heavy atom. The van der Waals surface area contributed by atoms with Crippen LogP contribution in [-0.4, -0.2) is 19.6 Å². The summed E-state index contributed by atoms with van der Waals surface area (Å²) < 4.78 is 9.92. The fourth-order valence-electron chi connectivity index (χ4n) is 0.398. The number of hydrogen-bond donors (Lipinski definition) is 1. The van der Waals surface area contributed by atoms with Gasteiger partial charge in [0.05, 0.1) is 0 Å². The van der Waals surface area contributed by atoms with Crippen LogP contribution in [0.15, 0.2) is 0 Å². The lowest BCUT2D eigenvalue weighted by atomic mass is 10.4. The number of nitrogens with two attached hydrogens (primary N) is 1. The highest BCUT2D eigenvalue weighted by atomic mass is 16.7. The fraction of sp³-hybridized carbons (Fsp3) is 1.00. The van der Waals surface area contributed by atoms with E-state index in [-0.39, 0.29) is 12.5 Å². The third-order valence-electron chi connectivity index (χ3n) is 1.10. The number of hydrogen-bond acceptors (Lipinski definition) is 3. The average Bonchev–Trinajstić information content (AvgIpc) is 1.87. The third-order valence-corrected chi connectivity index (χ3v) is 1.10. The van der Waals surface area contributed by atoms with Crippen molar-refractivity contribution in [2.24, 2.45) is 5.73 Å². The number of ether oxygens (including phenoxy) is 2. The zero-order valence-corrected chi connectivity index (χ0v) is 6.26. The molecule has 56 valence electrons. The summed E-state index contributed by atoms with van der Waals surface area (Å²) in [5.41, 5.74) is 5.45. The van der Waals surface area contributed by atoms with Gasteiger partial charge in [-0.05, 0) is 13.3 Å². The summed E-state index contributed by atoms with van der Waals surface area (Å²) in [6.07, 6.45) is 0.424. The predicted octanol–water partition coefficient (Wildman–Crippen LogP) is 0.690. The van der Waals surface area contributed by atoms with E-state index in [1.54, 1.807) is 7.11 Å². The Hall–Kier alpha value is -0.120. The first-order valence-electron chi connectivity index (χ1n) is 3.14. The Morgan fingerprint density at radius 2 is 2.11 bits per heavy atom. The molecule has 0 saturated heterocycles. The summed E-state index contributed by atoms with van der Waals surface area (Å²) in [7, 11) is 1.59. The van der Waals surface area contributed by atoms with Crippen LogP contribution < -0.4 is 5.73 Å². The van der Waals surface area contributed by atoms with E-state index in [0.717, 1.165) is 6.42 Å².